The number of halogens is 2. The lowest BCUT2D eigenvalue weighted by molar-refractivity contribution is 0.167. The topological polar surface area (TPSA) is 122 Å². The van der Waals surface area contributed by atoms with E-state index in [0.717, 1.165) is 93.6 Å². The standard InChI is InChI=1S/C25H27FINOSSi.C25H36O2SSi.C19H22O2S.C16H26OSSi.C10H12OS.CH4/c1-25(2,3)31(4,5)29-17-7-6-8-21-23(27)22(18-13-15-28-16-14-18)24(30-21)19-9-11-20(26)12-10-19;1-19-20(2)28-23(15-11-12-18-27-29(6,7)25(3,4)5)24(19)22(26)17-16-21-13-9-8-10-14-21;1-14-15(2)22-18(10-6-7-13-20)19(14)17(21)12-11-16-8-4-3-5-9-16;1-13-12-15(18-14(13)2)10-8-9-11-17-19(6,7)16(3,4)5;1-8-7-10(12-9(8)2)5-3-4-6-11;/h9-16H,7,17H2,1-5H3;8-10,13-14,22,26H,12,16-18H2,1-7H3;3-5,8-9,17,20-21H,7,11-13H2,1-2H3;12H,9,11H2,1-7H3;7,11H,4,6H2,1-2H3;1H4. The Morgan fingerprint density at radius 2 is 0.798 bits per heavy atom. The Morgan fingerprint density at radius 1 is 0.447 bits per heavy atom. The van der Waals surface area contributed by atoms with Crippen LogP contribution in [-0.4, -0.2) is 83.4 Å². The maximum atomic E-state index is 13.5. The first-order valence-electron chi connectivity index (χ1n) is 39.0. The second-order valence-corrected chi connectivity index (χ2v) is 54.0. The van der Waals surface area contributed by atoms with Crippen molar-refractivity contribution < 1.29 is 38.1 Å². The molecular weight excluding hydrogens is 1670 g/mol. The Kier molecular flexibility index (Phi) is 42.5. The van der Waals surface area contributed by atoms with E-state index in [4.69, 9.17) is 23.5 Å². The van der Waals surface area contributed by atoms with Crippen LogP contribution in [-0.2, 0) is 26.1 Å². The average Bonchev–Trinajstić information content (AvgIpc) is 1.64. The molecular formula is C96H127FINO7S5Si3. The molecule has 0 spiro atoms. The molecule has 3 aromatic carbocycles. The van der Waals surface area contributed by atoms with Crippen molar-refractivity contribution >= 4 is 104 Å². The van der Waals surface area contributed by atoms with Gasteiger partial charge in [0.1, 0.15) is 5.82 Å². The van der Waals surface area contributed by atoms with Gasteiger partial charge in [0.25, 0.3) is 0 Å². The van der Waals surface area contributed by atoms with Crippen molar-refractivity contribution in [1.29, 1.82) is 0 Å². The van der Waals surface area contributed by atoms with Crippen LogP contribution in [0.15, 0.2) is 122 Å². The van der Waals surface area contributed by atoms with Gasteiger partial charge in [-0.2, -0.15) is 0 Å². The molecule has 6 aromatic heterocycles. The summed E-state index contributed by atoms with van der Waals surface area (Å²) in [5, 5.41) is 39.5. The van der Waals surface area contributed by atoms with Crippen LogP contribution in [0.3, 0.4) is 0 Å². The van der Waals surface area contributed by atoms with Crippen molar-refractivity contribution in [2.75, 3.05) is 33.0 Å². The van der Waals surface area contributed by atoms with Gasteiger partial charge in [-0.05, 0) is 239 Å². The lowest BCUT2D eigenvalue weighted by Gasteiger charge is -2.35. The number of rotatable bonds is 21. The van der Waals surface area contributed by atoms with Gasteiger partial charge in [0.05, 0.1) is 49.8 Å². The number of aryl methyl sites for hydroxylation is 8. The van der Waals surface area contributed by atoms with E-state index < -0.39 is 37.2 Å². The third-order valence-electron chi connectivity index (χ3n) is 20.9. The third-order valence-corrected chi connectivity index (χ3v) is 41.5. The number of hydrogen-bond acceptors (Lipinski definition) is 13. The summed E-state index contributed by atoms with van der Waals surface area (Å²) in [5.74, 6) is 31.5. The minimum absolute atomic E-state index is 0. The highest BCUT2D eigenvalue weighted by Gasteiger charge is 2.39. The fraction of sp³-hybridized carbons (Fsp3) is 0.448. The lowest BCUT2D eigenvalue weighted by atomic mass is 9.98. The molecule has 0 radical (unpaired) electrons. The van der Waals surface area contributed by atoms with E-state index in [1.54, 1.807) is 69.1 Å². The Morgan fingerprint density at radius 3 is 1.15 bits per heavy atom. The second-order valence-electron chi connectivity index (χ2n) is 32.6. The zero-order chi connectivity index (χ0) is 83.9. The summed E-state index contributed by atoms with van der Waals surface area (Å²) in [7, 11) is -5.07. The van der Waals surface area contributed by atoms with Crippen molar-refractivity contribution in [3.05, 3.63) is 219 Å². The SMILES string of the molecule is C.CC(C)(C)[Si](C)(C)OCCC#Cc1sc(-c2ccc(F)cc2)c(-c2ccncc2)c1I.Cc1cc(C#CCCO)sc1C.Cc1cc(C#CCCO[Si](C)(C)C(C)(C)C)sc1C.Cc1sc(C#CCCO)c(C(O)CCc2ccccc2)c1C.Cc1sc(C#CCCO[Si](C)(C)C(C)(C)C)c(C(O)CCc2ccccc2)c1C. The summed E-state index contributed by atoms with van der Waals surface area (Å²) in [6, 6.07) is 35.5. The van der Waals surface area contributed by atoms with Crippen molar-refractivity contribution in [1.82, 2.24) is 4.98 Å². The van der Waals surface area contributed by atoms with E-state index in [0.29, 0.717) is 45.3 Å². The van der Waals surface area contributed by atoms with Crippen LogP contribution in [0.4, 0.5) is 4.39 Å². The molecule has 8 nitrogen and oxygen atoms in total. The number of pyridine rings is 1. The number of aliphatic hydroxyl groups is 4. The zero-order valence-electron chi connectivity index (χ0n) is 71.4. The van der Waals surface area contributed by atoms with E-state index in [1.807, 2.05) is 67.6 Å². The quantitative estimate of drug-likeness (QED) is 0.0243. The lowest BCUT2D eigenvalue weighted by Crippen LogP contribution is -2.40. The van der Waals surface area contributed by atoms with Crippen LogP contribution >= 0.6 is 79.3 Å². The molecule has 0 saturated heterocycles. The molecule has 18 heteroatoms. The number of hydrogen-bond donors (Lipinski definition) is 4. The van der Waals surface area contributed by atoms with Gasteiger partial charge in [0.2, 0.25) is 0 Å². The molecule has 0 amide bonds. The number of thiophene rings is 5. The van der Waals surface area contributed by atoms with E-state index in [-0.39, 0.29) is 41.6 Å². The van der Waals surface area contributed by atoms with Crippen LogP contribution < -0.4 is 0 Å². The van der Waals surface area contributed by atoms with Gasteiger partial charge in [-0.1, -0.05) is 202 Å². The van der Waals surface area contributed by atoms with Crippen LogP contribution in [0.5, 0.6) is 0 Å². The first kappa shape index (κ1) is 100. The predicted octanol–water partition coefficient (Wildman–Crippen LogP) is 26.4. The summed E-state index contributed by atoms with van der Waals surface area (Å²) >= 11 is 10.8. The monoisotopic (exact) mass is 1800 g/mol. The highest BCUT2D eigenvalue weighted by atomic mass is 127. The maximum absolute atomic E-state index is 13.5. The summed E-state index contributed by atoms with van der Waals surface area (Å²) in [4.78, 5) is 15.6. The minimum Gasteiger partial charge on any atom is -0.416 e. The average molecular weight is 1800 g/mol. The molecule has 9 rings (SSSR count). The molecule has 0 fully saturated rings. The van der Waals surface area contributed by atoms with Crippen LogP contribution in [0.1, 0.15) is 215 Å². The van der Waals surface area contributed by atoms with Gasteiger partial charge >= 0.3 is 0 Å². The van der Waals surface area contributed by atoms with Gasteiger partial charge in [-0.25, -0.2) is 4.39 Å². The third kappa shape index (κ3) is 32.5. The molecule has 0 bridgehead atoms. The van der Waals surface area contributed by atoms with Gasteiger partial charge in [0, 0.05) is 109 Å². The minimum atomic E-state index is -1.75. The Balaban J connectivity index is 0.000000308. The molecule has 0 aliphatic rings. The molecule has 114 heavy (non-hydrogen) atoms. The van der Waals surface area contributed by atoms with Crippen LogP contribution in [0.25, 0.3) is 21.6 Å². The molecule has 614 valence electrons. The fourth-order valence-electron chi connectivity index (χ4n) is 10.4. The van der Waals surface area contributed by atoms with Crippen molar-refractivity contribution in [3.8, 4) is 80.8 Å². The summed E-state index contributed by atoms with van der Waals surface area (Å²) in [5.41, 5.74) is 12.6. The molecule has 0 aliphatic carbocycles. The zero-order valence-corrected chi connectivity index (χ0v) is 80.6. The second kappa shape index (κ2) is 48.3. The Labute approximate surface area is 723 Å². The number of benzene rings is 3. The van der Waals surface area contributed by atoms with Crippen molar-refractivity contribution in [2.24, 2.45) is 0 Å². The molecule has 0 saturated carbocycles. The summed E-state index contributed by atoms with van der Waals surface area (Å²) in [6.45, 7) is 53.0. The molecule has 4 N–H and O–H groups in total. The molecule has 2 unspecified atom stereocenters. The Hall–Kier alpha value is -5.86. The highest BCUT2D eigenvalue weighted by Crippen LogP contribution is 2.45. The molecule has 2 atom stereocenters. The van der Waals surface area contributed by atoms with E-state index >= 15 is 0 Å². The Bertz CT molecular complexity index is 4730. The van der Waals surface area contributed by atoms with Gasteiger partial charge in [-0.15, -0.1) is 56.7 Å². The fourth-order valence-corrected chi connectivity index (χ4v) is 19.8. The molecule has 9 aromatic rings. The predicted molar refractivity (Wildman–Crippen MR) is 508 cm³/mol. The van der Waals surface area contributed by atoms with Gasteiger partial charge in [0.15, 0.2) is 25.0 Å². The van der Waals surface area contributed by atoms with E-state index in [2.05, 4.69) is 273 Å². The first-order valence-corrected chi connectivity index (χ1v) is 52.9. The summed E-state index contributed by atoms with van der Waals surface area (Å²) < 4.78 is 33.1. The molecule has 6 heterocycles. The van der Waals surface area contributed by atoms with Crippen LogP contribution in [0.2, 0.25) is 54.4 Å². The maximum Gasteiger partial charge on any atom is 0.192 e. The first-order chi connectivity index (χ1) is 53.1. The normalized spacial score (nSPS) is 11.8. The number of aliphatic hydroxyl groups excluding tert-OH is 4. The van der Waals surface area contributed by atoms with E-state index in [9.17, 15) is 14.6 Å². The summed E-state index contributed by atoms with van der Waals surface area (Å²) in [6.07, 6.45) is 9.01. The van der Waals surface area contributed by atoms with E-state index in [1.165, 1.54) is 64.3 Å². The number of nitrogens with zero attached hydrogens (tertiary/aromatic N) is 1. The van der Waals surface area contributed by atoms with Gasteiger partial charge < -0.3 is 33.7 Å². The van der Waals surface area contributed by atoms with Crippen LogP contribution in [0, 0.1) is 124 Å². The van der Waals surface area contributed by atoms with Gasteiger partial charge in [-0.3, -0.25) is 4.98 Å². The smallest absolute Gasteiger partial charge is 0.192 e. The number of aromatic nitrogens is 1. The highest BCUT2D eigenvalue weighted by molar-refractivity contribution is 14.1. The van der Waals surface area contributed by atoms with Crippen molar-refractivity contribution in [3.63, 3.8) is 0 Å². The molecule has 0 aliphatic heterocycles. The van der Waals surface area contributed by atoms with Crippen molar-refractivity contribution in [2.45, 2.75) is 250 Å². The largest absolute Gasteiger partial charge is 0.416 e.